The van der Waals surface area contributed by atoms with Gasteiger partial charge in [-0.1, -0.05) is 37.3 Å². The van der Waals surface area contributed by atoms with Gasteiger partial charge in [0.05, 0.1) is 18.0 Å². The van der Waals surface area contributed by atoms with E-state index in [1.54, 1.807) is 12.3 Å². The van der Waals surface area contributed by atoms with E-state index in [1.165, 1.54) is 13.5 Å². The number of nitrogens with one attached hydrogen (secondary N) is 1. The lowest BCUT2D eigenvalue weighted by molar-refractivity contribution is 0.371. The van der Waals surface area contributed by atoms with Crippen molar-refractivity contribution in [2.24, 2.45) is 17.6 Å². The molecule has 8 nitrogen and oxygen atoms in total. The van der Waals surface area contributed by atoms with Crippen LogP contribution >= 0.6 is 0 Å². The van der Waals surface area contributed by atoms with Crippen molar-refractivity contribution in [1.29, 1.82) is 0 Å². The van der Waals surface area contributed by atoms with E-state index in [0.717, 1.165) is 16.1 Å². The maximum atomic E-state index is 12.2. The van der Waals surface area contributed by atoms with Crippen LogP contribution in [0.25, 0.3) is 11.5 Å². The molecule has 3 N–H and O–H groups in total. The number of hydrogen-bond donors (Lipinski definition) is 2. The number of sulfonamides is 1. The Morgan fingerprint density at radius 2 is 1.97 bits per heavy atom. The van der Waals surface area contributed by atoms with E-state index >= 15 is 0 Å². The molecule has 4 atom stereocenters. The summed E-state index contributed by atoms with van der Waals surface area (Å²) in [6.45, 7) is 6.25. The minimum absolute atomic E-state index is 0.215. The minimum atomic E-state index is -3.49. The molecule has 1 aromatic carbocycles. The van der Waals surface area contributed by atoms with Crippen molar-refractivity contribution in [1.82, 2.24) is 9.97 Å². The van der Waals surface area contributed by atoms with Gasteiger partial charge in [0, 0.05) is 18.7 Å². The van der Waals surface area contributed by atoms with Crippen LogP contribution in [0.1, 0.15) is 38.5 Å². The molecule has 34 heavy (non-hydrogen) atoms. The van der Waals surface area contributed by atoms with Crippen molar-refractivity contribution in [2.75, 3.05) is 22.9 Å². The molecule has 0 spiro atoms. The largest absolute Gasteiger partial charge is 0.439 e. The zero-order valence-electron chi connectivity index (χ0n) is 20.3. The maximum Gasteiger partial charge on any atom is 0.233 e. The van der Waals surface area contributed by atoms with Crippen LogP contribution in [0.15, 0.2) is 53.1 Å². The Kier molecular flexibility index (Phi) is 6.44. The molecule has 9 heteroatoms. The van der Waals surface area contributed by atoms with Gasteiger partial charge in [0.2, 0.25) is 15.9 Å². The zero-order chi connectivity index (χ0) is 24.7. The summed E-state index contributed by atoms with van der Waals surface area (Å²) in [5.41, 5.74) is 7.56. The third-order valence-corrected chi connectivity index (χ3v) is 7.73. The van der Waals surface area contributed by atoms with E-state index in [0.29, 0.717) is 41.3 Å². The Labute approximate surface area is 201 Å². The number of anilines is 2. The molecule has 2 aromatic heterocycles. The molecule has 0 amide bonds. The quantitative estimate of drug-likeness (QED) is 0.473. The maximum absolute atomic E-state index is 12.2. The first-order valence-electron chi connectivity index (χ1n) is 11.5. The van der Waals surface area contributed by atoms with Gasteiger partial charge in [-0.05, 0) is 56.2 Å². The van der Waals surface area contributed by atoms with Crippen molar-refractivity contribution in [3.8, 4) is 11.5 Å². The fourth-order valence-electron chi connectivity index (χ4n) is 4.21. The van der Waals surface area contributed by atoms with Crippen molar-refractivity contribution in [3.63, 3.8) is 0 Å². The highest BCUT2D eigenvalue weighted by Gasteiger charge is 2.37. The van der Waals surface area contributed by atoms with Gasteiger partial charge in [-0.25, -0.2) is 18.4 Å². The molecule has 0 aliphatic heterocycles. The number of benzene rings is 1. The summed E-state index contributed by atoms with van der Waals surface area (Å²) >= 11 is 0. The third-order valence-electron chi connectivity index (χ3n) is 6.55. The predicted octanol–water partition coefficient (Wildman–Crippen LogP) is 4.01. The van der Waals surface area contributed by atoms with Crippen LogP contribution < -0.4 is 15.4 Å². The van der Waals surface area contributed by atoms with E-state index in [1.807, 2.05) is 43.3 Å². The molecular formula is C25H33N5O3S. The smallest absolute Gasteiger partial charge is 0.233 e. The third kappa shape index (κ3) is 5.42. The molecule has 1 unspecified atom stereocenters. The van der Waals surface area contributed by atoms with Crippen LogP contribution in [-0.2, 0) is 22.0 Å². The second-order valence-electron chi connectivity index (χ2n) is 9.75. The number of nitrogens with two attached hydrogens (primary N) is 1. The Hall–Kier alpha value is -2.91. The Bertz CT molecular complexity index is 1260. The summed E-state index contributed by atoms with van der Waals surface area (Å²) in [5.74, 6) is 3.03. The van der Waals surface area contributed by atoms with Crippen molar-refractivity contribution in [2.45, 2.75) is 45.2 Å². The number of rotatable bonds is 9. The van der Waals surface area contributed by atoms with Gasteiger partial charge in [-0.2, -0.15) is 0 Å². The van der Waals surface area contributed by atoms with Crippen LogP contribution in [0, 0.1) is 11.8 Å². The van der Waals surface area contributed by atoms with Crippen molar-refractivity contribution < 1.29 is 12.8 Å². The first kappa shape index (κ1) is 24.2. The molecule has 0 radical (unpaired) electrons. The molecule has 3 aromatic rings. The monoisotopic (exact) mass is 483 g/mol. The van der Waals surface area contributed by atoms with E-state index in [-0.39, 0.29) is 11.9 Å². The highest BCUT2D eigenvalue weighted by molar-refractivity contribution is 7.92. The molecule has 0 saturated heterocycles. The average Bonchev–Trinajstić information content (AvgIpc) is 3.29. The van der Waals surface area contributed by atoms with Crippen LogP contribution in [0.4, 0.5) is 11.6 Å². The number of oxazole rings is 1. The molecule has 0 bridgehead atoms. The topological polar surface area (TPSA) is 114 Å². The lowest BCUT2D eigenvalue weighted by Crippen LogP contribution is -2.35. The summed E-state index contributed by atoms with van der Waals surface area (Å²) in [7, 11) is -2.01. The first-order valence-corrected chi connectivity index (χ1v) is 13.3. The number of hydrogen-bond acceptors (Lipinski definition) is 7. The van der Waals surface area contributed by atoms with Crippen molar-refractivity contribution in [3.05, 3.63) is 60.0 Å². The van der Waals surface area contributed by atoms with E-state index < -0.39 is 15.6 Å². The summed E-state index contributed by atoms with van der Waals surface area (Å²) < 4.78 is 31.6. The molecular weight excluding hydrogens is 450 g/mol. The summed E-state index contributed by atoms with van der Waals surface area (Å²) in [4.78, 5) is 9.02. The molecule has 182 valence electrons. The van der Waals surface area contributed by atoms with Gasteiger partial charge in [-0.15, -0.1) is 0 Å². The van der Waals surface area contributed by atoms with Crippen LogP contribution in [0.3, 0.4) is 0 Å². The van der Waals surface area contributed by atoms with Gasteiger partial charge >= 0.3 is 0 Å². The number of aromatic nitrogens is 2. The first-order chi connectivity index (χ1) is 15.9. The normalized spacial score (nSPS) is 20.4. The van der Waals surface area contributed by atoms with Gasteiger partial charge in [0.15, 0.2) is 0 Å². The number of pyridine rings is 1. The fraction of sp³-hybridized carbons (Fsp3) is 0.440. The lowest BCUT2D eigenvalue weighted by atomic mass is 9.92. The van der Waals surface area contributed by atoms with Crippen LogP contribution in [0.2, 0.25) is 0 Å². The molecule has 1 saturated carbocycles. The second-order valence-corrected chi connectivity index (χ2v) is 11.8. The molecule has 4 rings (SSSR count). The van der Waals surface area contributed by atoms with Crippen molar-refractivity contribution >= 4 is 21.7 Å². The molecule has 1 aliphatic carbocycles. The molecule has 2 heterocycles. The minimum Gasteiger partial charge on any atom is -0.439 e. The highest BCUT2D eigenvalue weighted by atomic mass is 32.2. The van der Waals surface area contributed by atoms with Gasteiger partial charge < -0.3 is 15.5 Å². The summed E-state index contributed by atoms with van der Waals surface area (Å²) in [5, 5.41) is 3.43. The van der Waals surface area contributed by atoms with E-state index in [9.17, 15) is 8.42 Å². The Morgan fingerprint density at radius 1 is 1.29 bits per heavy atom. The van der Waals surface area contributed by atoms with E-state index in [4.69, 9.17) is 10.2 Å². The lowest BCUT2D eigenvalue weighted by Gasteiger charge is -2.22. The van der Waals surface area contributed by atoms with Crippen LogP contribution in [0.5, 0.6) is 0 Å². The fourth-order valence-corrected chi connectivity index (χ4v) is 4.64. The molecule has 1 aliphatic rings. The Balaban J connectivity index is 1.66. The van der Waals surface area contributed by atoms with Gasteiger partial charge in [-0.3, -0.25) is 4.31 Å². The van der Waals surface area contributed by atoms with Crippen LogP contribution in [-0.4, -0.2) is 37.7 Å². The Morgan fingerprint density at radius 3 is 2.59 bits per heavy atom. The average molecular weight is 484 g/mol. The number of nitrogens with zero attached hydrogens (tertiary/aromatic N) is 3. The molecule has 1 fully saturated rings. The SMILES string of the molecule is C[C@H](Nc1cc(-c2ncc([C@](C)(N)Cc3ccccc3)o2)cc(N(C)S(C)(=O)=O)n1)C1C[C@@H]1C. The zero-order valence-corrected chi connectivity index (χ0v) is 21.1. The summed E-state index contributed by atoms with van der Waals surface area (Å²) in [6, 6.07) is 13.7. The summed E-state index contributed by atoms with van der Waals surface area (Å²) in [6.07, 6.45) is 4.55. The second kappa shape index (κ2) is 9.03. The van der Waals surface area contributed by atoms with Gasteiger partial charge in [0.25, 0.3) is 0 Å². The highest BCUT2D eigenvalue weighted by Crippen LogP contribution is 2.41. The standard InChI is InChI=1S/C25H33N5O3S/c1-16-11-20(16)17(2)28-22-12-19(13-23(29-22)30(4)34(5,31)32)24-27-15-21(33-24)25(3,26)14-18-9-7-6-8-10-18/h6-10,12-13,15-17,20H,11,14,26H2,1-5H3,(H,28,29)/t16-,17-,20?,25+/m0/s1. The van der Waals surface area contributed by atoms with E-state index in [2.05, 4.69) is 29.1 Å². The predicted molar refractivity (Wildman–Crippen MR) is 135 cm³/mol. The van der Waals surface area contributed by atoms with Gasteiger partial charge in [0.1, 0.15) is 17.4 Å².